The van der Waals surface area contributed by atoms with Gasteiger partial charge in [0.1, 0.15) is 5.56 Å². The van der Waals surface area contributed by atoms with Gasteiger partial charge in [-0.2, -0.15) is 23.5 Å². The first-order valence-electron chi connectivity index (χ1n) is 7.37. The standard InChI is InChI=1S/C17H11F3N4/c18-17(19,20)13-9-22-24-8-5-14(23-15(13)24)11-1-3-12(4-2-11)16(10-21)6-7-16/h1-5,8-9H,6-7H2. The summed E-state index contributed by atoms with van der Waals surface area (Å²) in [5, 5.41) is 12.9. The highest BCUT2D eigenvalue weighted by Crippen LogP contribution is 2.47. The Hall–Kier alpha value is -2.88. The maximum Gasteiger partial charge on any atom is 0.421 e. The Morgan fingerprint density at radius 2 is 1.83 bits per heavy atom. The molecule has 3 aromatic rings. The lowest BCUT2D eigenvalue weighted by atomic mass is 9.96. The van der Waals surface area contributed by atoms with Gasteiger partial charge < -0.3 is 0 Å². The van der Waals surface area contributed by atoms with E-state index in [0.717, 1.165) is 29.1 Å². The summed E-state index contributed by atoms with van der Waals surface area (Å²) in [5.41, 5.74) is 0.605. The Bertz CT molecular complexity index is 960. The third-order valence-corrected chi connectivity index (χ3v) is 4.37. The van der Waals surface area contributed by atoms with Crippen LogP contribution in [-0.4, -0.2) is 14.6 Å². The van der Waals surface area contributed by atoms with Crippen molar-refractivity contribution in [2.24, 2.45) is 0 Å². The summed E-state index contributed by atoms with van der Waals surface area (Å²) in [6.07, 6.45) is -0.574. The van der Waals surface area contributed by atoms with Crippen molar-refractivity contribution in [1.29, 1.82) is 5.26 Å². The highest BCUT2D eigenvalue weighted by Gasteiger charge is 2.44. The molecule has 4 nitrogen and oxygen atoms in total. The molecule has 1 saturated carbocycles. The lowest BCUT2D eigenvalue weighted by Crippen LogP contribution is -2.05. The molecule has 1 aliphatic carbocycles. The van der Waals surface area contributed by atoms with Crippen molar-refractivity contribution in [3.8, 4) is 17.3 Å². The predicted molar refractivity (Wildman–Crippen MR) is 80.0 cm³/mol. The minimum atomic E-state index is -4.50. The van der Waals surface area contributed by atoms with Crippen LogP contribution < -0.4 is 0 Å². The van der Waals surface area contributed by atoms with E-state index in [9.17, 15) is 18.4 Å². The van der Waals surface area contributed by atoms with E-state index in [-0.39, 0.29) is 11.1 Å². The zero-order valence-corrected chi connectivity index (χ0v) is 12.4. The van der Waals surface area contributed by atoms with Crippen LogP contribution in [0.15, 0.2) is 42.7 Å². The smallest absolute Gasteiger partial charge is 0.228 e. The van der Waals surface area contributed by atoms with Crippen LogP contribution in [0.3, 0.4) is 0 Å². The summed E-state index contributed by atoms with van der Waals surface area (Å²) < 4.78 is 40.1. The summed E-state index contributed by atoms with van der Waals surface area (Å²) >= 11 is 0. The Kier molecular flexibility index (Phi) is 2.94. The summed E-state index contributed by atoms with van der Waals surface area (Å²) in [5.74, 6) is 0. The van der Waals surface area contributed by atoms with E-state index in [2.05, 4.69) is 16.2 Å². The second-order valence-electron chi connectivity index (χ2n) is 5.91. The Morgan fingerprint density at radius 1 is 1.12 bits per heavy atom. The molecule has 7 heteroatoms. The summed E-state index contributed by atoms with van der Waals surface area (Å²) in [4.78, 5) is 4.11. The highest BCUT2D eigenvalue weighted by molar-refractivity contribution is 5.64. The topological polar surface area (TPSA) is 54.0 Å². The molecule has 120 valence electrons. The van der Waals surface area contributed by atoms with Gasteiger partial charge in [-0.05, 0) is 24.5 Å². The first-order valence-corrected chi connectivity index (χ1v) is 7.37. The number of aromatic nitrogens is 3. The summed E-state index contributed by atoms with van der Waals surface area (Å²) in [7, 11) is 0. The average molecular weight is 328 g/mol. The number of alkyl halides is 3. The fraction of sp³-hybridized carbons (Fsp3) is 0.235. The van der Waals surface area contributed by atoms with E-state index in [1.807, 2.05) is 12.1 Å². The van der Waals surface area contributed by atoms with Crippen LogP contribution in [0.1, 0.15) is 24.0 Å². The molecule has 0 N–H and O–H groups in total. The fourth-order valence-corrected chi connectivity index (χ4v) is 2.78. The van der Waals surface area contributed by atoms with Gasteiger partial charge in [0.05, 0.1) is 23.4 Å². The Morgan fingerprint density at radius 3 is 2.42 bits per heavy atom. The number of rotatable bonds is 2. The van der Waals surface area contributed by atoms with Gasteiger partial charge in [0.25, 0.3) is 0 Å². The SMILES string of the molecule is N#CC1(c2ccc(-c3ccn4ncc(C(F)(F)F)c4n3)cc2)CC1. The second kappa shape index (κ2) is 4.81. The molecule has 2 heterocycles. The molecule has 1 aromatic carbocycles. The number of benzene rings is 1. The van der Waals surface area contributed by atoms with Gasteiger partial charge in [-0.3, -0.25) is 0 Å². The van der Waals surface area contributed by atoms with E-state index >= 15 is 0 Å². The van der Waals surface area contributed by atoms with Gasteiger partial charge in [0.15, 0.2) is 5.65 Å². The van der Waals surface area contributed by atoms with Crippen molar-refractivity contribution in [1.82, 2.24) is 14.6 Å². The normalized spacial score (nSPS) is 16.1. The molecule has 0 aliphatic heterocycles. The largest absolute Gasteiger partial charge is 0.421 e. The van der Waals surface area contributed by atoms with Gasteiger partial charge in [0.2, 0.25) is 0 Å². The molecule has 2 aromatic heterocycles. The van der Waals surface area contributed by atoms with E-state index in [1.165, 1.54) is 6.20 Å². The molecule has 0 atom stereocenters. The van der Waals surface area contributed by atoms with Gasteiger partial charge in [-0.15, -0.1) is 0 Å². The minimum Gasteiger partial charge on any atom is -0.228 e. The molecular weight excluding hydrogens is 317 g/mol. The number of hydrogen-bond donors (Lipinski definition) is 0. The minimum absolute atomic E-state index is 0.222. The van der Waals surface area contributed by atoms with Crippen LogP contribution in [0, 0.1) is 11.3 Å². The molecule has 0 spiro atoms. The Labute approximate surface area is 135 Å². The van der Waals surface area contributed by atoms with E-state index < -0.39 is 11.7 Å². The van der Waals surface area contributed by atoms with Crippen molar-refractivity contribution in [3.63, 3.8) is 0 Å². The van der Waals surface area contributed by atoms with Gasteiger partial charge in [-0.1, -0.05) is 24.3 Å². The fourth-order valence-electron chi connectivity index (χ4n) is 2.78. The lowest BCUT2D eigenvalue weighted by Gasteiger charge is -2.08. The highest BCUT2D eigenvalue weighted by atomic mass is 19.4. The van der Waals surface area contributed by atoms with Gasteiger partial charge in [-0.25, -0.2) is 9.50 Å². The summed E-state index contributed by atoms with van der Waals surface area (Å²) in [6, 6.07) is 11.2. The predicted octanol–water partition coefficient (Wildman–Crippen LogP) is 3.97. The van der Waals surface area contributed by atoms with Crippen molar-refractivity contribution < 1.29 is 13.2 Å². The number of hydrogen-bond acceptors (Lipinski definition) is 3. The number of nitrogens with zero attached hydrogens (tertiary/aromatic N) is 4. The molecule has 24 heavy (non-hydrogen) atoms. The first kappa shape index (κ1) is 14.7. The first-order chi connectivity index (χ1) is 11.4. The van der Waals surface area contributed by atoms with Crippen molar-refractivity contribution >= 4 is 5.65 Å². The monoisotopic (exact) mass is 328 g/mol. The number of fused-ring (bicyclic) bond motifs is 1. The molecule has 0 saturated heterocycles. The van der Waals surface area contributed by atoms with Crippen molar-refractivity contribution in [3.05, 3.63) is 53.9 Å². The third kappa shape index (κ3) is 2.22. The van der Waals surface area contributed by atoms with Crippen LogP contribution in [0.4, 0.5) is 13.2 Å². The molecular formula is C17H11F3N4. The van der Waals surface area contributed by atoms with Crippen molar-refractivity contribution in [2.75, 3.05) is 0 Å². The number of nitriles is 1. The molecule has 1 fully saturated rings. The molecule has 0 unspecified atom stereocenters. The molecule has 0 bridgehead atoms. The Balaban J connectivity index is 1.75. The zero-order chi connectivity index (χ0) is 16.9. The molecule has 0 amide bonds. The summed E-state index contributed by atoms with van der Waals surface area (Å²) in [6.45, 7) is 0. The van der Waals surface area contributed by atoms with Crippen LogP contribution in [-0.2, 0) is 11.6 Å². The second-order valence-corrected chi connectivity index (χ2v) is 5.91. The van der Waals surface area contributed by atoms with Crippen molar-refractivity contribution in [2.45, 2.75) is 24.4 Å². The van der Waals surface area contributed by atoms with Gasteiger partial charge >= 0.3 is 6.18 Å². The molecule has 4 rings (SSSR count). The lowest BCUT2D eigenvalue weighted by molar-refractivity contribution is -0.136. The maximum absolute atomic E-state index is 13.0. The third-order valence-electron chi connectivity index (χ3n) is 4.37. The van der Waals surface area contributed by atoms with Crippen LogP contribution >= 0.6 is 0 Å². The maximum atomic E-state index is 13.0. The number of halogens is 3. The van der Waals surface area contributed by atoms with E-state index in [0.29, 0.717) is 11.3 Å². The van der Waals surface area contributed by atoms with Crippen LogP contribution in [0.5, 0.6) is 0 Å². The quantitative estimate of drug-likeness (QED) is 0.715. The molecule has 0 radical (unpaired) electrons. The molecule has 1 aliphatic rings. The van der Waals surface area contributed by atoms with Crippen LogP contribution in [0.25, 0.3) is 16.9 Å². The zero-order valence-electron chi connectivity index (χ0n) is 12.4. The van der Waals surface area contributed by atoms with E-state index in [1.54, 1.807) is 18.2 Å². The average Bonchev–Trinajstić information content (AvgIpc) is 3.25. The van der Waals surface area contributed by atoms with Gasteiger partial charge in [0, 0.05) is 11.8 Å². The van der Waals surface area contributed by atoms with Crippen LogP contribution in [0.2, 0.25) is 0 Å². The van der Waals surface area contributed by atoms with E-state index in [4.69, 9.17) is 0 Å².